The largest absolute Gasteiger partial charge is 0.351 e. The fourth-order valence-corrected chi connectivity index (χ4v) is 190. The smallest absolute Gasteiger partial charge is 0.314 e. The van der Waals surface area contributed by atoms with Gasteiger partial charge in [-0.15, -0.1) is 0 Å². The van der Waals surface area contributed by atoms with Crippen molar-refractivity contribution in [3.05, 3.63) is 63.3 Å². The van der Waals surface area contributed by atoms with Crippen LogP contribution in [-0.4, -0.2) is 70.4 Å². The number of piperidine rings is 1. The highest BCUT2D eigenvalue weighted by atomic mass is 79.9. The molecule has 107 heavy (non-hydrogen) atoms. The molecule has 0 aliphatic carbocycles. The number of primary amides is 1. The Kier molecular flexibility index (Phi) is 95.0. The lowest BCUT2D eigenvalue weighted by Gasteiger charge is -2.46. The number of carbonyl (C=O) groups is 2. The van der Waals surface area contributed by atoms with E-state index < -0.39 is 0 Å². The van der Waals surface area contributed by atoms with Gasteiger partial charge in [0.25, 0.3) is 0 Å². The number of carbonyl (C=O) groups excluding carboxylic acids is 2. The lowest BCUT2D eigenvalue weighted by Crippen LogP contribution is -2.58. The first-order chi connectivity index (χ1) is 52.6. The normalized spacial score (nSPS) is 12.1. The fraction of sp³-hybridized carbons (Fsp3) is 0.519. The van der Waals surface area contributed by atoms with Gasteiger partial charge < -0.3 is 15.5 Å². The molecular weight excluding hydrogens is 2820 g/mol. The van der Waals surface area contributed by atoms with Crippen LogP contribution >= 0.6 is 27.5 Å². The molecule has 80 heteroatoms. The Bertz CT molecular complexity index is 6650. The van der Waals surface area contributed by atoms with Crippen molar-refractivity contribution < 1.29 is 9.59 Å². The molecule has 2 fully saturated rings. The van der Waals surface area contributed by atoms with E-state index >= 15 is 0 Å². The van der Waals surface area contributed by atoms with Crippen LogP contribution in [-0.2, 0) is 640 Å². The van der Waals surface area contributed by atoms with E-state index in [4.69, 9.17) is 44.7 Å². The van der Waals surface area contributed by atoms with E-state index in [2.05, 4.69) is 57.8 Å². The highest BCUT2D eigenvalue weighted by molar-refractivity contribution is 9.10. The Balaban J connectivity index is 0.000000680. The van der Waals surface area contributed by atoms with Gasteiger partial charge in [-0.3, -0.25) is 14.7 Å². The molecule has 3 amide bonds. The predicted molar refractivity (Wildman–Crippen MR) is 669 cm³/mol. The summed E-state index contributed by atoms with van der Waals surface area (Å²) < 4.78 is 0.943. The second kappa shape index (κ2) is 88.7. The lowest BCUT2D eigenvalue weighted by atomic mass is 9.91. The minimum absolute atomic E-state index is 0.0213. The van der Waals surface area contributed by atoms with Gasteiger partial charge in [0, 0.05) is 696 Å². The first-order valence-electron chi connectivity index (χ1n) is 24.3. The molecule has 2 atom stereocenters. The summed E-state index contributed by atoms with van der Waals surface area (Å²) in [6.07, 6.45) is 4.02. The first-order valence-corrected chi connectivity index (χ1v) is 119. The molecule has 2 aromatic rings. The van der Waals surface area contributed by atoms with Crippen LogP contribution in [0.4, 0.5) is 4.79 Å². The van der Waals surface area contributed by atoms with Crippen molar-refractivity contribution in [2.24, 2.45) is 17.6 Å². The van der Waals surface area contributed by atoms with E-state index in [0.717, 1.165) is 41.7 Å². The van der Waals surface area contributed by atoms with Gasteiger partial charge in [0.2, 0.25) is 5.91 Å². The van der Waals surface area contributed by atoms with Gasteiger partial charge in [-0.25, -0.2) is 4.79 Å². The molecule has 1 unspecified atom stereocenters. The molecule has 2 saturated heterocycles. The van der Waals surface area contributed by atoms with Gasteiger partial charge in [0.15, 0.2) is 0 Å². The van der Waals surface area contributed by atoms with Crippen LogP contribution in [0.3, 0.4) is 0 Å². The number of nitrogens with zero attached hydrogens (tertiary/aromatic N) is 4. The average Bonchev–Trinajstić information content (AvgIpc) is 0.790. The maximum Gasteiger partial charge on any atom is 0.314 e. The minimum atomic E-state index is -0.369. The van der Waals surface area contributed by atoms with E-state index in [1.807, 2.05) is 513 Å². The molecule has 3 heterocycles. The van der Waals surface area contributed by atoms with Gasteiger partial charge in [0.1, 0.15) is 0 Å². The van der Waals surface area contributed by atoms with Crippen LogP contribution in [0.1, 0.15) is 50.4 Å². The van der Waals surface area contributed by atoms with Crippen molar-refractivity contribution in [3.63, 3.8) is 0 Å². The second-order valence-electron chi connectivity index (χ2n) is 14.9. The van der Waals surface area contributed by atoms with E-state index in [1.54, 1.807) is 111 Å². The summed E-state index contributed by atoms with van der Waals surface area (Å²) in [6.45, 7) is 7.87. The van der Waals surface area contributed by atoms with E-state index in [-0.39, 0.29) is 24.0 Å². The molecule has 0 bridgehead atoms. The maximum absolute atomic E-state index is 13.5. The molecule has 620 valence electrons. The third kappa shape index (κ3) is 70.9. The number of piperazine rings is 1. The SMILES string of the molecule is CC(C)[C@H]1CN(C(c2ccc(Cl)cc2)c2ccc(Br)cn2)CCN1C(=O)CC1CCN(C(N)=O)CC1.S=S=S=S=S=S=S=S=S=S=S=S=S=S=S=S=S=S=S=S=S=S=S=S=S=S=S=S=S=S=S=S=S=S=S=S=S=S=S=S=S=S=S=S=S=S=S=S=S=S=S=S=S=S=S=S=S=S=S=S=S=S=S=S=S=S=S=S=S=S=S. The number of rotatable bonds is 6. The molecule has 0 radical (unpaired) electrons. The Morgan fingerprint density at radius 2 is 0.673 bits per heavy atom. The number of likely N-dealkylation sites (tertiary alicyclic amines) is 1. The first kappa shape index (κ1) is 115. The van der Waals surface area contributed by atoms with Crippen molar-refractivity contribution in [3.8, 4) is 0 Å². The summed E-state index contributed by atoms with van der Waals surface area (Å²) in [6, 6.07) is 11.8. The van der Waals surface area contributed by atoms with E-state index in [9.17, 15) is 9.59 Å². The Morgan fingerprint density at radius 3 is 0.897 bits per heavy atom. The van der Waals surface area contributed by atoms with Gasteiger partial charge in [-0.05, 0) is 70.4 Å². The minimum Gasteiger partial charge on any atom is -0.351 e. The molecule has 0 saturated carbocycles. The zero-order valence-corrected chi connectivity index (χ0v) is 110. The van der Waals surface area contributed by atoms with Crippen LogP contribution in [0.5, 0.6) is 0 Å². The zero-order valence-electron chi connectivity index (χ0n) is 49.9. The molecule has 2 aliphatic heterocycles. The molecular formula is C27H35BrClN5O2S71. The van der Waals surface area contributed by atoms with Crippen LogP contribution in [0.15, 0.2) is 47.1 Å². The standard InChI is InChI=1S/C27H35BrClN5O2.S71/c1-18(2)24-17-33(13-14-34(24)25(35)15-19-9-11-32(12-10-19)27(30)36)26(20-3-6-22(29)7-4-20)23-8-5-21(28)16-31-23;1-3-5-7-9-11-13-15-17-19-21-23-25-27-29-31-33-35-37-39-41-43-45-47-49-51-53-55-57-59-61-63-65-67-69-71-70-68-66-64-62-60-58-56-54-52-50-48-46-44-42-40-38-36-34-32-30-28-26-24-22-20-18-16-14-12-10-8-6-4-2/h3-8,16,18-19,24,26H,9-15,17H2,1-2H3,(H2,30,36);/t24-,26?;/m1./s1. The summed E-state index contributed by atoms with van der Waals surface area (Å²) in [7, 11) is 124. The Morgan fingerprint density at radius 1 is 0.411 bits per heavy atom. The van der Waals surface area contributed by atoms with Crippen molar-refractivity contribution in [2.75, 3.05) is 32.7 Å². The number of nitrogens with two attached hydrogens (primary N) is 1. The molecule has 7 nitrogen and oxygen atoms in total. The van der Waals surface area contributed by atoms with E-state index in [0.29, 0.717) is 42.9 Å². The van der Waals surface area contributed by atoms with Gasteiger partial charge in [-0.2, -0.15) is 0 Å². The van der Waals surface area contributed by atoms with Crippen LogP contribution in [0.2, 0.25) is 5.02 Å². The highest BCUT2D eigenvalue weighted by Crippen LogP contribution is 2.33. The number of benzene rings is 1. The predicted octanol–water partition coefficient (Wildman–Crippen LogP) is 4.77. The van der Waals surface area contributed by atoms with Crippen molar-refractivity contribution in [2.45, 2.75) is 45.2 Å². The Labute approximate surface area is 840 Å². The van der Waals surface area contributed by atoms with E-state index in [1.165, 1.54) is 17.8 Å². The lowest BCUT2D eigenvalue weighted by molar-refractivity contribution is -0.139. The Hall–Kier alpha value is 13.5. The van der Waals surface area contributed by atoms with Crippen molar-refractivity contribution in [1.29, 1.82) is 0 Å². The number of hydrogen-bond donors (Lipinski definition) is 1. The summed E-state index contributed by atoms with van der Waals surface area (Å²) >= 11 is 19.3. The summed E-state index contributed by atoms with van der Waals surface area (Å²) in [5.41, 5.74) is 7.52. The third-order valence-corrected chi connectivity index (χ3v) is 161. The molecule has 1 aromatic carbocycles. The number of aromatic nitrogens is 1. The average molecular weight is 2850 g/mol. The fourth-order valence-electron chi connectivity index (χ4n) is 6.19. The van der Waals surface area contributed by atoms with Gasteiger partial charge in [0.05, 0.1) is 11.7 Å². The van der Waals surface area contributed by atoms with Crippen LogP contribution in [0.25, 0.3) is 0 Å². The molecule has 2 aliphatic rings. The molecule has 0 spiro atoms. The number of hydrogen-bond acceptors (Lipinski definition) is 6. The highest BCUT2D eigenvalue weighted by Gasteiger charge is 2.37. The van der Waals surface area contributed by atoms with Gasteiger partial charge in [-0.1, -0.05) is 37.6 Å². The number of pyridine rings is 1. The van der Waals surface area contributed by atoms with Crippen molar-refractivity contribution in [1.82, 2.24) is 19.7 Å². The number of amides is 3. The number of urea groups is 1. The maximum atomic E-state index is 13.5. The number of halogens is 2. The summed E-state index contributed by atoms with van der Waals surface area (Å²) in [5.74, 6) is 0.834. The van der Waals surface area contributed by atoms with Crippen LogP contribution in [0, 0.1) is 11.8 Å². The monoisotopic (exact) mass is 2850 g/mol. The summed E-state index contributed by atoms with van der Waals surface area (Å²) in [4.78, 5) is 35.8. The van der Waals surface area contributed by atoms with Crippen LogP contribution < -0.4 is 5.73 Å². The third-order valence-electron chi connectivity index (χ3n) is 9.40. The quantitative estimate of drug-likeness (QED) is 0.450. The summed E-state index contributed by atoms with van der Waals surface area (Å²) in [5, 5.41) is 0.707. The zero-order chi connectivity index (χ0) is 76.6. The second-order valence-corrected chi connectivity index (χ2v) is 138. The van der Waals surface area contributed by atoms with Crippen molar-refractivity contribution >= 4 is 675 Å². The molecule has 1 aromatic heterocycles. The van der Waals surface area contributed by atoms with Gasteiger partial charge >= 0.3 is 6.03 Å². The molecule has 4 rings (SSSR count). The topological polar surface area (TPSA) is 82.8 Å². The molecule has 2 N–H and O–H groups in total.